The van der Waals surface area contributed by atoms with Crippen LogP contribution in [0, 0.1) is 0 Å². The molecule has 0 saturated carbocycles. The second-order valence-electron chi connectivity index (χ2n) is 0.620. The highest BCUT2D eigenvalue weighted by Gasteiger charge is 1.75. The molecule has 1 nitrogen and oxygen atoms in total. The van der Waals surface area contributed by atoms with E-state index in [-0.39, 0.29) is 0 Å². The lowest BCUT2D eigenvalue weighted by molar-refractivity contribution is 0.474. The Bertz CT molecular complexity index is 78.9. The van der Waals surface area contributed by atoms with Gasteiger partial charge in [0.2, 0.25) is 0 Å². The third-order valence-electron chi connectivity index (χ3n) is 0.206. The fourth-order valence-electron chi connectivity index (χ4n) is 0.0586. The van der Waals surface area contributed by atoms with E-state index in [1.165, 1.54) is 0 Å². The number of halogens is 1. The molecular weight excluding hydrogens is 103 g/mol. The van der Waals surface area contributed by atoms with Crippen molar-refractivity contribution in [2.24, 2.45) is 0 Å². The largest absolute Gasteiger partial charge is 0.515 e. The summed E-state index contributed by atoms with van der Waals surface area (Å²) in [5.41, 5.74) is 0. The van der Waals surface area contributed by atoms with E-state index in [1.54, 1.807) is 0 Å². The standard InChI is InChI=1S/C3H3FOS/c4-3(6)1-2-5/h1-2,5H/b2-1-. The Labute approximate surface area is 40.1 Å². The minimum absolute atomic E-state index is 0.558. The van der Waals surface area contributed by atoms with Crippen LogP contribution in [0.4, 0.5) is 4.39 Å². The van der Waals surface area contributed by atoms with Gasteiger partial charge in [0.05, 0.1) is 6.26 Å². The molecule has 1 N–H and O–H groups in total. The van der Waals surface area contributed by atoms with Gasteiger partial charge in [0.15, 0.2) is 5.12 Å². The van der Waals surface area contributed by atoms with Gasteiger partial charge in [-0.15, -0.1) is 0 Å². The van der Waals surface area contributed by atoms with Crippen LogP contribution in [0.3, 0.4) is 0 Å². The molecule has 0 rings (SSSR count). The van der Waals surface area contributed by atoms with Crippen molar-refractivity contribution < 1.29 is 9.50 Å². The maximum atomic E-state index is 11.2. The van der Waals surface area contributed by atoms with E-state index in [0.29, 0.717) is 6.26 Å². The lowest BCUT2D eigenvalue weighted by Crippen LogP contribution is -1.68. The molecule has 0 fully saturated rings. The first-order valence-corrected chi connectivity index (χ1v) is 1.68. The van der Waals surface area contributed by atoms with E-state index in [9.17, 15) is 4.39 Å². The predicted molar refractivity (Wildman–Crippen MR) is 25.5 cm³/mol. The van der Waals surface area contributed by atoms with E-state index in [4.69, 9.17) is 5.11 Å². The second kappa shape index (κ2) is 2.78. The van der Waals surface area contributed by atoms with Crippen LogP contribution < -0.4 is 0 Å². The molecule has 0 aromatic carbocycles. The van der Waals surface area contributed by atoms with Crippen molar-refractivity contribution in [1.29, 1.82) is 0 Å². The Balaban J connectivity index is 3.30. The monoisotopic (exact) mass is 106 g/mol. The van der Waals surface area contributed by atoms with E-state index in [1.807, 2.05) is 0 Å². The highest BCUT2D eigenvalue weighted by atomic mass is 32.1. The SMILES string of the molecule is O/C=C\C(F)=S. The zero-order valence-electron chi connectivity index (χ0n) is 2.89. The Hall–Kier alpha value is -0.440. The van der Waals surface area contributed by atoms with Crippen molar-refractivity contribution >= 4 is 17.3 Å². The molecule has 0 aliphatic rings. The molecule has 0 saturated heterocycles. The van der Waals surface area contributed by atoms with Crippen molar-refractivity contribution in [1.82, 2.24) is 0 Å². The molecule has 3 heteroatoms. The zero-order chi connectivity index (χ0) is 4.99. The number of thiocarbonyl (C=S) groups is 1. The minimum Gasteiger partial charge on any atom is -0.515 e. The van der Waals surface area contributed by atoms with Crippen molar-refractivity contribution in [3.05, 3.63) is 12.3 Å². The average molecular weight is 106 g/mol. The van der Waals surface area contributed by atoms with E-state index >= 15 is 0 Å². The Morgan fingerprint density at radius 3 is 2.33 bits per heavy atom. The molecule has 0 spiro atoms. The van der Waals surface area contributed by atoms with E-state index in [0.717, 1.165) is 6.08 Å². The second-order valence-corrected chi connectivity index (χ2v) is 1.01. The first-order chi connectivity index (χ1) is 2.77. The molecule has 0 aromatic heterocycles. The van der Waals surface area contributed by atoms with Crippen molar-refractivity contribution in [3.63, 3.8) is 0 Å². The average Bonchev–Trinajstić information content (AvgIpc) is 1.35. The van der Waals surface area contributed by atoms with E-state index in [2.05, 4.69) is 12.2 Å². The fraction of sp³-hybridized carbons (Fsp3) is 0. The molecule has 0 radical (unpaired) electrons. The molecule has 0 bridgehead atoms. The summed E-state index contributed by atoms with van der Waals surface area (Å²) in [6, 6.07) is 0. The van der Waals surface area contributed by atoms with Gasteiger partial charge in [-0.2, -0.15) is 4.39 Å². The summed E-state index contributed by atoms with van der Waals surface area (Å²) in [5, 5.41) is 6.92. The van der Waals surface area contributed by atoms with Gasteiger partial charge < -0.3 is 5.11 Å². The third kappa shape index (κ3) is 3.56. The molecule has 0 atom stereocenters. The van der Waals surface area contributed by atoms with Crippen molar-refractivity contribution in [2.75, 3.05) is 0 Å². The van der Waals surface area contributed by atoms with Crippen molar-refractivity contribution in [2.45, 2.75) is 0 Å². The van der Waals surface area contributed by atoms with Crippen LogP contribution in [0.15, 0.2) is 12.3 Å². The topological polar surface area (TPSA) is 20.2 Å². The summed E-state index contributed by atoms with van der Waals surface area (Å²) < 4.78 is 11.2. The normalized spacial score (nSPS) is 9.50. The Morgan fingerprint density at radius 2 is 2.33 bits per heavy atom. The van der Waals surface area contributed by atoms with Gasteiger partial charge in [-0.3, -0.25) is 0 Å². The number of allylic oxidation sites excluding steroid dienone is 1. The Morgan fingerprint density at radius 1 is 1.83 bits per heavy atom. The van der Waals surface area contributed by atoms with Gasteiger partial charge >= 0.3 is 0 Å². The Kier molecular flexibility index (Phi) is 2.58. The third-order valence-corrected chi connectivity index (χ3v) is 0.342. The molecule has 0 heterocycles. The van der Waals surface area contributed by atoms with Crippen LogP contribution in [-0.2, 0) is 0 Å². The first kappa shape index (κ1) is 5.56. The molecule has 0 unspecified atom stereocenters. The summed E-state index contributed by atoms with van der Waals surface area (Å²) in [5.74, 6) is 0. The van der Waals surface area contributed by atoms with Gasteiger partial charge in [-0.25, -0.2) is 0 Å². The molecule has 0 aromatic rings. The number of hydrogen-bond donors (Lipinski definition) is 1. The van der Waals surface area contributed by atoms with Crippen LogP contribution in [-0.4, -0.2) is 10.2 Å². The molecular formula is C3H3FOS. The number of aliphatic hydroxyl groups excluding tert-OH is 1. The lowest BCUT2D eigenvalue weighted by atomic mass is 10.7. The van der Waals surface area contributed by atoms with Gasteiger partial charge in [0, 0.05) is 6.08 Å². The van der Waals surface area contributed by atoms with Crippen LogP contribution in [0.5, 0.6) is 0 Å². The summed E-state index contributed by atoms with van der Waals surface area (Å²) >= 11 is 3.88. The zero-order valence-corrected chi connectivity index (χ0v) is 3.70. The van der Waals surface area contributed by atoms with Crippen LogP contribution in [0.2, 0.25) is 0 Å². The minimum atomic E-state index is -0.808. The lowest BCUT2D eigenvalue weighted by Gasteiger charge is -1.67. The van der Waals surface area contributed by atoms with Gasteiger partial charge in [0.1, 0.15) is 0 Å². The summed E-state index contributed by atoms with van der Waals surface area (Å²) in [6.45, 7) is 0. The molecule has 6 heavy (non-hydrogen) atoms. The van der Waals surface area contributed by atoms with Crippen LogP contribution in [0.25, 0.3) is 0 Å². The van der Waals surface area contributed by atoms with E-state index < -0.39 is 5.12 Å². The van der Waals surface area contributed by atoms with Crippen molar-refractivity contribution in [3.8, 4) is 0 Å². The quantitative estimate of drug-likeness (QED) is 0.236. The van der Waals surface area contributed by atoms with Crippen LogP contribution >= 0.6 is 12.2 Å². The van der Waals surface area contributed by atoms with Gasteiger partial charge in [0.25, 0.3) is 0 Å². The maximum absolute atomic E-state index is 11.2. The summed E-state index contributed by atoms with van der Waals surface area (Å²) in [4.78, 5) is 0. The number of aliphatic hydroxyl groups is 1. The molecule has 0 amide bonds. The summed E-state index contributed by atoms with van der Waals surface area (Å²) in [6.07, 6.45) is 1.34. The fourth-order valence-corrected chi connectivity index (χ4v) is 0.119. The highest BCUT2D eigenvalue weighted by molar-refractivity contribution is 7.80. The van der Waals surface area contributed by atoms with Crippen LogP contribution in [0.1, 0.15) is 0 Å². The number of rotatable bonds is 1. The molecule has 0 aliphatic heterocycles. The number of hydrogen-bond acceptors (Lipinski definition) is 2. The van der Waals surface area contributed by atoms with Gasteiger partial charge in [-0.1, -0.05) is 0 Å². The first-order valence-electron chi connectivity index (χ1n) is 1.27. The molecule has 0 aliphatic carbocycles. The summed E-state index contributed by atoms with van der Waals surface area (Å²) in [7, 11) is 0. The van der Waals surface area contributed by atoms with Gasteiger partial charge in [-0.05, 0) is 12.2 Å². The smallest absolute Gasteiger partial charge is 0.189 e. The molecule has 34 valence electrons. The maximum Gasteiger partial charge on any atom is 0.189 e. The predicted octanol–water partition coefficient (Wildman–Crippen LogP) is 1.35. The highest BCUT2D eigenvalue weighted by Crippen LogP contribution is 1.77.